The van der Waals surface area contributed by atoms with Gasteiger partial charge in [0.1, 0.15) is 0 Å². The summed E-state index contributed by atoms with van der Waals surface area (Å²) in [7, 11) is 0. The van der Waals surface area contributed by atoms with Crippen LogP contribution in [0.1, 0.15) is 15.9 Å². The number of nitrogens with one attached hydrogen (secondary N) is 2. The van der Waals surface area contributed by atoms with Crippen molar-refractivity contribution >= 4 is 21.8 Å². The maximum absolute atomic E-state index is 12.7. The van der Waals surface area contributed by atoms with E-state index in [-0.39, 0.29) is 11.6 Å². The van der Waals surface area contributed by atoms with Crippen molar-refractivity contribution < 1.29 is 18.0 Å². The van der Waals surface area contributed by atoms with Crippen LogP contribution in [-0.2, 0) is 6.18 Å². The van der Waals surface area contributed by atoms with E-state index < -0.39 is 17.6 Å². The second-order valence-electron chi connectivity index (χ2n) is 5.18. The van der Waals surface area contributed by atoms with Crippen LogP contribution in [0, 0.1) is 11.8 Å². The minimum Gasteiger partial charge on any atom is -0.349 e. The largest absolute Gasteiger partial charge is 0.416 e. The summed E-state index contributed by atoms with van der Waals surface area (Å²) >= 11 is 3.13. The molecule has 1 aromatic rings. The molecule has 7 heteroatoms. The average molecular weight is 349 g/mol. The molecule has 1 aliphatic carbocycles. The highest BCUT2D eigenvalue weighted by molar-refractivity contribution is 9.10. The van der Waals surface area contributed by atoms with Gasteiger partial charge in [0.15, 0.2) is 0 Å². The van der Waals surface area contributed by atoms with Crippen molar-refractivity contribution in [2.24, 2.45) is 11.8 Å². The van der Waals surface area contributed by atoms with Crippen molar-refractivity contribution in [3.63, 3.8) is 0 Å². The number of halogens is 4. The lowest BCUT2D eigenvalue weighted by Gasteiger charge is -2.12. The molecule has 1 heterocycles. The molecule has 2 fully saturated rings. The van der Waals surface area contributed by atoms with Gasteiger partial charge in [-0.3, -0.25) is 4.79 Å². The summed E-state index contributed by atoms with van der Waals surface area (Å²) in [5.41, 5.74) is -0.790. The molecule has 108 valence electrons. The zero-order chi connectivity index (χ0) is 14.5. The van der Waals surface area contributed by atoms with Gasteiger partial charge in [-0.25, -0.2) is 0 Å². The van der Waals surface area contributed by atoms with E-state index in [1.807, 2.05) is 0 Å². The number of hydrogen-bond acceptors (Lipinski definition) is 2. The number of alkyl halides is 3. The van der Waals surface area contributed by atoms with Crippen molar-refractivity contribution in [2.45, 2.75) is 12.2 Å². The van der Waals surface area contributed by atoms with Crippen LogP contribution in [0.2, 0.25) is 0 Å². The fourth-order valence-corrected chi connectivity index (χ4v) is 3.16. The molecule has 2 atom stereocenters. The SMILES string of the molecule is O=C(NC1C2CNCC21)c1cc(C(F)(F)F)ccc1Br. The Hall–Kier alpha value is -1.08. The highest BCUT2D eigenvalue weighted by Crippen LogP contribution is 2.42. The Morgan fingerprint density at radius 2 is 1.95 bits per heavy atom. The number of rotatable bonds is 2. The molecule has 0 bridgehead atoms. The van der Waals surface area contributed by atoms with E-state index in [1.165, 1.54) is 6.07 Å². The highest BCUT2D eigenvalue weighted by atomic mass is 79.9. The lowest BCUT2D eigenvalue weighted by molar-refractivity contribution is -0.137. The summed E-state index contributed by atoms with van der Waals surface area (Å²) in [6.07, 6.45) is -4.45. The third kappa shape index (κ3) is 2.44. The van der Waals surface area contributed by atoms with E-state index in [0.29, 0.717) is 16.3 Å². The zero-order valence-electron chi connectivity index (χ0n) is 10.3. The monoisotopic (exact) mass is 348 g/mol. The summed E-state index contributed by atoms with van der Waals surface area (Å²) in [4.78, 5) is 12.1. The molecule has 0 spiro atoms. The third-order valence-electron chi connectivity index (χ3n) is 3.93. The summed E-state index contributed by atoms with van der Waals surface area (Å²) in [5.74, 6) is 0.384. The summed E-state index contributed by atoms with van der Waals surface area (Å²) < 4.78 is 38.4. The molecule has 1 aliphatic heterocycles. The zero-order valence-corrected chi connectivity index (χ0v) is 11.9. The Morgan fingerprint density at radius 3 is 2.55 bits per heavy atom. The van der Waals surface area contributed by atoms with Gasteiger partial charge >= 0.3 is 6.18 Å². The Balaban J connectivity index is 1.77. The molecule has 20 heavy (non-hydrogen) atoms. The van der Waals surface area contributed by atoms with Crippen LogP contribution in [0.25, 0.3) is 0 Å². The molecule has 2 N–H and O–H groups in total. The normalized spacial score (nSPS) is 28.1. The van der Waals surface area contributed by atoms with E-state index >= 15 is 0 Å². The topological polar surface area (TPSA) is 41.1 Å². The first-order valence-corrected chi connectivity index (χ1v) is 7.05. The molecule has 1 aromatic carbocycles. The maximum Gasteiger partial charge on any atom is 0.416 e. The summed E-state index contributed by atoms with van der Waals surface area (Å²) in [6, 6.07) is 3.18. The van der Waals surface area contributed by atoms with E-state index in [2.05, 4.69) is 26.6 Å². The molecule has 2 aliphatic rings. The average Bonchev–Trinajstić information content (AvgIpc) is 2.82. The van der Waals surface area contributed by atoms with Gasteiger partial charge in [-0.15, -0.1) is 0 Å². The number of piperidine rings is 1. The Bertz CT molecular complexity index is 551. The highest BCUT2D eigenvalue weighted by Gasteiger charge is 2.53. The molecular formula is C13H12BrF3N2O. The van der Waals surface area contributed by atoms with Gasteiger partial charge in [0, 0.05) is 23.6 Å². The fourth-order valence-electron chi connectivity index (χ4n) is 2.74. The number of benzene rings is 1. The first kappa shape index (κ1) is 13.9. The number of carbonyl (C=O) groups is 1. The smallest absolute Gasteiger partial charge is 0.349 e. The second kappa shape index (κ2) is 4.73. The van der Waals surface area contributed by atoms with E-state index in [1.54, 1.807) is 0 Å². The Labute approximate surface area is 122 Å². The standard InChI is InChI=1S/C13H12BrF3N2O/c14-10-2-1-6(13(15,16)17)3-7(10)12(20)19-11-8-4-18-5-9(8)11/h1-3,8-9,11,18H,4-5H2,(H,19,20). The van der Waals surface area contributed by atoms with Gasteiger partial charge in [0.25, 0.3) is 5.91 Å². The van der Waals surface area contributed by atoms with Gasteiger partial charge in [-0.2, -0.15) is 13.2 Å². The van der Waals surface area contributed by atoms with Gasteiger partial charge in [0.2, 0.25) is 0 Å². The third-order valence-corrected chi connectivity index (χ3v) is 4.62. The van der Waals surface area contributed by atoms with E-state index in [0.717, 1.165) is 25.2 Å². The predicted molar refractivity (Wildman–Crippen MR) is 70.2 cm³/mol. The molecule has 1 amide bonds. The molecule has 3 nitrogen and oxygen atoms in total. The molecule has 1 saturated carbocycles. The number of carbonyl (C=O) groups excluding carboxylic acids is 1. The minimum atomic E-state index is -4.45. The van der Waals surface area contributed by atoms with Gasteiger partial charge in [-0.05, 0) is 46.0 Å². The second-order valence-corrected chi connectivity index (χ2v) is 6.03. The lowest BCUT2D eigenvalue weighted by atomic mass is 10.1. The van der Waals surface area contributed by atoms with Crippen molar-refractivity contribution in [2.75, 3.05) is 13.1 Å². The van der Waals surface area contributed by atoms with Crippen molar-refractivity contribution in [3.8, 4) is 0 Å². The molecule has 0 radical (unpaired) electrons. The van der Waals surface area contributed by atoms with Crippen LogP contribution < -0.4 is 10.6 Å². The van der Waals surface area contributed by atoms with Crippen molar-refractivity contribution in [1.82, 2.24) is 10.6 Å². The van der Waals surface area contributed by atoms with Crippen LogP contribution in [0.15, 0.2) is 22.7 Å². The van der Waals surface area contributed by atoms with Crippen LogP contribution in [-0.4, -0.2) is 25.0 Å². The van der Waals surface area contributed by atoms with Crippen LogP contribution in [0.3, 0.4) is 0 Å². The molecule has 2 unspecified atom stereocenters. The van der Waals surface area contributed by atoms with E-state index in [9.17, 15) is 18.0 Å². The van der Waals surface area contributed by atoms with E-state index in [4.69, 9.17) is 0 Å². The van der Waals surface area contributed by atoms with Gasteiger partial charge in [-0.1, -0.05) is 0 Å². The first-order chi connectivity index (χ1) is 9.38. The van der Waals surface area contributed by atoms with Gasteiger partial charge < -0.3 is 10.6 Å². The molecule has 1 saturated heterocycles. The van der Waals surface area contributed by atoms with Crippen LogP contribution in [0.4, 0.5) is 13.2 Å². The fraction of sp³-hybridized carbons (Fsp3) is 0.462. The number of hydrogen-bond donors (Lipinski definition) is 2. The number of amides is 1. The van der Waals surface area contributed by atoms with Crippen molar-refractivity contribution in [3.05, 3.63) is 33.8 Å². The minimum absolute atomic E-state index is 0.0257. The van der Waals surface area contributed by atoms with Crippen molar-refractivity contribution in [1.29, 1.82) is 0 Å². The number of fused-ring (bicyclic) bond motifs is 1. The van der Waals surface area contributed by atoms with Crippen LogP contribution in [0.5, 0.6) is 0 Å². The quantitative estimate of drug-likeness (QED) is 0.861. The summed E-state index contributed by atoms with van der Waals surface area (Å²) in [6.45, 7) is 1.72. The lowest BCUT2D eigenvalue weighted by Crippen LogP contribution is -2.32. The molecular weight excluding hydrogens is 337 g/mol. The molecule has 3 rings (SSSR count). The first-order valence-electron chi connectivity index (χ1n) is 6.26. The molecule has 0 aromatic heterocycles. The predicted octanol–water partition coefficient (Wildman–Crippen LogP) is 2.42. The maximum atomic E-state index is 12.7. The Morgan fingerprint density at radius 1 is 1.30 bits per heavy atom. The Kier molecular flexibility index (Phi) is 3.29. The van der Waals surface area contributed by atoms with Gasteiger partial charge in [0.05, 0.1) is 11.1 Å². The summed E-state index contributed by atoms with van der Waals surface area (Å²) in [5, 5.41) is 6.01. The van der Waals surface area contributed by atoms with Crippen LogP contribution >= 0.6 is 15.9 Å².